The number of rotatable bonds is 5. The van der Waals surface area contributed by atoms with E-state index in [1.807, 2.05) is 0 Å². The van der Waals surface area contributed by atoms with Crippen LogP contribution in [0.1, 0.15) is 48.0 Å². The second-order valence-corrected chi connectivity index (χ2v) is 20.5. The molecule has 0 spiro atoms. The minimum absolute atomic E-state index is 0.141. The fourth-order valence-corrected chi connectivity index (χ4v) is 5.74. The lowest BCUT2D eigenvalue weighted by atomic mass is 9.85. The Balaban J connectivity index is 2.11. The molecule has 2 rings (SSSR count). The summed E-state index contributed by atoms with van der Waals surface area (Å²) in [6, 6.07) is 0. The molecule has 0 N–H and O–H groups in total. The molecule has 146 valence electrons. The zero-order chi connectivity index (χ0) is 19.4. The van der Waals surface area contributed by atoms with Crippen molar-refractivity contribution in [2.75, 3.05) is 0 Å². The molecule has 5 heteroatoms. The average molecular weight is 385 g/mol. The van der Waals surface area contributed by atoms with Crippen molar-refractivity contribution in [1.29, 1.82) is 0 Å². The Bertz CT molecular complexity index is 502. The van der Waals surface area contributed by atoms with Crippen LogP contribution in [-0.4, -0.2) is 41.1 Å². The van der Waals surface area contributed by atoms with Crippen LogP contribution in [0.15, 0.2) is 12.7 Å². The molecule has 3 nitrogen and oxygen atoms in total. The zero-order valence-corrected chi connectivity index (χ0v) is 20.1. The lowest BCUT2D eigenvalue weighted by molar-refractivity contribution is 0.0603. The maximum absolute atomic E-state index is 6.74. The quantitative estimate of drug-likeness (QED) is 0.344. The highest BCUT2D eigenvalue weighted by molar-refractivity contribution is 6.74. The molecule has 1 aliphatic carbocycles. The van der Waals surface area contributed by atoms with Crippen molar-refractivity contribution in [2.24, 2.45) is 5.92 Å². The lowest BCUT2D eigenvalue weighted by Gasteiger charge is -2.44. The SMILES string of the molecule is C=C[C@@H]1C[C@H](O[Si](C)(C)C(C)(C)C)[C@@H]2O[C@@H]2[C@H]1O[Si](C)(C)C(C)(C)C. The van der Waals surface area contributed by atoms with E-state index in [9.17, 15) is 0 Å². The minimum atomic E-state index is -1.82. The first kappa shape index (κ1) is 21.4. The highest BCUT2D eigenvalue weighted by Crippen LogP contribution is 2.49. The topological polar surface area (TPSA) is 31.0 Å². The van der Waals surface area contributed by atoms with Gasteiger partial charge >= 0.3 is 0 Å². The Morgan fingerprint density at radius 1 is 0.880 bits per heavy atom. The van der Waals surface area contributed by atoms with E-state index in [0.717, 1.165) is 6.42 Å². The normalized spacial score (nSPS) is 33.8. The van der Waals surface area contributed by atoms with Gasteiger partial charge in [-0.3, -0.25) is 0 Å². The molecule has 0 radical (unpaired) electrons. The fraction of sp³-hybridized carbons (Fsp3) is 0.900. The zero-order valence-electron chi connectivity index (χ0n) is 18.1. The molecule has 0 aromatic heterocycles. The van der Waals surface area contributed by atoms with E-state index in [4.69, 9.17) is 13.6 Å². The minimum Gasteiger partial charge on any atom is -0.411 e. The van der Waals surface area contributed by atoms with Crippen LogP contribution in [0.5, 0.6) is 0 Å². The summed E-state index contributed by atoms with van der Waals surface area (Å²) < 4.78 is 19.5. The molecule has 1 aliphatic heterocycles. The Kier molecular flexibility index (Phi) is 5.63. The van der Waals surface area contributed by atoms with Gasteiger partial charge in [-0.05, 0) is 42.7 Å². The number of fused-ring (bicyclic) bond motifs is 1. The third-order valence-corrected chi connectivity index (χ3v) is 15.9. The average Bonchev–Trinajstić information content (AvgIpc) is 3.18. The van der Waals surface area contributed by atoms with Gasteiger partial charge in [0.15, 0.2) is 16.6 Å². The van der Waals surface area contributed by atoms with Crippen LogP contribution in [0.4, 0.5) is 0 Å². The molecule has 2 aliphatic rings. The van der Waals surface area contributed by atoms with E-state index in [2.05, 4.69) is 80.4 Å². The van der Waals surface area contributed by atoms with Crippen molar-refractivity contribution in [3.8, 4) is 0 Å². The summed E-state index contributed by atoms with van der Waals surface area (Å²) in [5, 5.41) is 0.424. The van der Waals surface area contributed by atoms with Crippen LogP contribution < -0.4 is 0 Å². The Morgan fingerprint density at radius 3 is 1.80 bits per heavy atom. The summed E-state index contributed by atoms with van der Waals surface area (Å²) in [5.74, 6) is 0.313. The first-order valence-corrected chi connectivity index (χ1v) is 15.6. The number of hydrogen-bond donors (Lipinski definition) is 0. The van der Waals surface area contributed by atoms with Crippen LogP contribution in [0, 0.1) is 5.92 Å². The second-order valence-electron chi connectivity index (χ2n) is 11.0. The molecular weight excluding hydrogens is 344 g/mol. The Labute approximate surface area is 157 Å². The molecule has 0 aromatic carbocycles. The van der Waals surface area contributed by atoms with Crippen molar-refractivity contribution in [3.05, 3.63) is 12.7 Å². The van der Waals surface area contributed by atoms with E-state index in [1.165, 1.54) is 0 Å². The molecule has 2 fully saturated rings. The largest absolute Gasteiger partial charge is 0.411 e. The number of epoxide rings is 1. The van der Waals surface area contributed by atoms with Crippen molar-refractivity contribution in [2.45, 2.75) is 109 Å². The first-order chi connectivity index (χ1) is 11.1. The molecule has 0 unspecified atom stereocenters. The highest BCUT2D eigenvalue weighted by atomic mass is 28.4. The fourth-order valence-electron chi connectivity index (χ4n) is 3.05. The van der Waals surface area contributed by atoms with Crippen LogP contribution in [0.2, 0.25) is 36.3 Å². The molecular formula is C20H40O3Si2. The summed E-state index contributed by atoms with van der Waals surface area (Å²) >= 11 is 0. The van der Waals surface area contributed by atoms with E-state index >= 15 is 0 Å². The molecule has 0 bridgehead atoms. The standard InChI is InChI=1S/C20H40O3Si2/c1-12-14-13-15(22-24(8,9)19(2,3)4)17-18(21-17)16(14)23-25(10,11)20(5,6)7/h12,14-18H,1,13H2,2-11H3/t14-,15+,16+,17+,18-/m1/s1. The van der Waals surface area contributed by atoms with Gasteiger partial charge in [0.25, 0.3) is 0 Å². The molecule has 0 amide bonds. The second kappa shape index (κ2) is 6.59. The molecule has 0 aromatic rings. The summed E-state index contributed by atoms with van der Waals surface area (Å²) in [7, 11) is -3.62. The Morgan fingerprint density at radius 2 is 1.36 bits per heavy atom. The van der Waals surface area contributed by atoms with Gasteiger partial charge in [-0.15, -0.1) is 6.58 Å². The van der Waals surface area contributed by atoms with Gasteiger partial charge in [0.1, 0.15) is 12.2 Å². The van der Waals surface area contributed by atoms with Gasteiger partial charge in [0.05, 0.1) is 12.2 Å². The third kappa shape index (κ3) is 4.32. The molecule has 1 saturated carbocycles. The van der Waals surface area contributed by atoms with Crippen LogP contribution in [-0.2, 0) is 13.6 Å². The van der Waals surface area contributed by atoms with Gasteiger partial charge in [-0.2, -0.15) is 0 Å². The summed E-state index contributed by atoms with van der Waals surface area (Å²) in [4.78, 5) is 0. The first-order valence-electron chi connectivity index (χ1n) is 9.74. The van der Waals surface area contributed by atoms with Gasteiger partial charge < -0.3 is 13.6 Å². The van der Waals surface area contributed by atoms with E-state index in [-0.39, 0.29) is 34.5 Å². The van der Waals surface area contributed by atoms with Gasteiger partial charge in [0.2, 0.25) is 0 Å². The predicted octanol–water partition coefficient (Wildman–Crippen LogP) is 5.74. The maximum atomic E-state index is 6.74. The van der Waals surface area contributed by atoms with Crippen molar-refractivity contribution < 1.29 is 13.6 Å². The van der Waals surface area contributed by atoms with Crippen LogP contribution in [0.25, 0.3) is 0 Å². The molecule has 25 heavy (non-hydrogen) atoms. The monoisotopic (exact) mass is 384 g/mol. The van der Waals surface area contributed by atoms with Gasteiger partial charge in [0, 0.05) is 5.92 Å². The van der Waals surface area contributed by atoms with E-state index in [0.29, 0.717) is 5.92 Å². The maximum Gasteiger partial charge on any atom is 0.192 e. The van der Waals surface area contributed by atoms with Gasteiger partial charge in [-0.25, -0.2) is 0 Å². The summed E-state index contributed by atoms with van der Waals surface area (Å²) in [6.07, 6.45) is 3.75. The lowest BCUT2D eigenvalue weighted by Crippen LogP contribution is -2.52. The Hall–Kier alpha value is 0.0538. The predicted molar refractivity (Wildman–Crippen MR) is 111 cm³/mol. The van der Waals surface area contributed by atoms with Crippen LogP contribution in [0.3, 0.4) is 0 Å². The smallest absolute Gasteiger partial charge is 0.192 e. The molecule has 5 atom stereocenters. The number of hydrogen-bond acceptors (Lipinski definition) is 3. The van der Waals surface area contributed by atoms with Gasteiger partial charge in [-0.1, -0.05) is 47.6 Å². The number of ether oxygens (including phenoxy) is 1. The summed E-state index contributed by atoms with van der Waals surface area (Å²) in [6.45, 7) is 27.1. The molecule has 1 heterocycles. The van der Waals surface area contributed by atoms with Crippen LogP contribution >= 0.6 is 0 Å². The van der Waals surface area contributed by atoms with Crippen molar-refractivity contribution in [1.82, 2.24) is 0 Å². The van der Waals surface area contributed by atoms with E-state index in [1.54, 1.807) is 0 Å². The molecule has 1 saturated heterocycles. The van der Waals surface area contributed by atoms with Crippen molar-refractivity contribution >= 4 is 16.6 Å². The van der Waals surface area contributed by atoms with E-state index < -0.39 is 16.6 Å². The highest BCUT2D eigenvalue weighted by Gasteiger charge is 2.60. The van der Waals surface area contributed by atoms with Crippen molar-refractivity contribution in [3.63, 3.8) is 0 Å². The summed E-state index contributed by atoms with van der Waals surface area (Å²) in [5.41, 5.74) is 0. The third-order valence-electron chi connectivity index (χ3n) is 6.97.